The van der Waals surface area contributed by atoms with Gasteiger partial charge in [-0.2, -0.15) is 4.68 Å². The van der Waals surface area contributed by atoms with Crippen LogP contribution in [0, 0.1) is 17.0 Å². The van der Waals surface area contributed by atoms with Gasteiger partial charge >= 0.3 is 5.82 Å². The fourth-order valence-corrected chi connectivity index (χ4v) is 4.68. The monoisotopic (exact) mass is 410 g/mol. The van der Waals surface area contributed by atoms with Crippen molar-refractivity contribution in [3.05, 3.63) is 79.7 Å². The molecular weight excluding hydrogens is 388 g/mol. The van der Waals surface area contributed by atoms with Gasteiger partial charge in [0.15, 0.2) is 0 Å². The van der Waals surface area contributed by atoms with Crippen LogP contribution >= 0.6 is 11.3 Å². The lowest BCUT2D eigenvalue weighted by Gasteiger charge is -2.36. The fourth-order valence-electron chi connectivity index (χ4n) is 3.82. The molecule has 3 heterocycles. The molecule has 1 fully saturated rings. The van der Waals surface area contributed by atoms with Crippen LogP contribution in [0.2, 0.25) is 0 Å². The summed E-state index contributed by atoms with van der Waals surface area (Å²) in [7, 11) is 0. The molecule has 8 heteroatoms. The highest BCUT2D eigenvalue weighted by Gasteiger charge is 2.29. The van der Waals surface area contributed by atoms with Crippen LogP contribution in [0.1, 0.15) is 51.8 Å². The van der Waals surface area contributed by atoms with Crippen molar-refractivity contribution in [2.24, 2.45) is 0 Å². The van der Waals surface area contributed by atoms with Gasteiger partial charge in [-0.1, -0.05) is 30.3 Å². The predicted molar refractivity (Wildman–Crippen MR) is 111 cm³/mol. The minimum absolute atomic E-state index is 0.0537. The zero-order valence-electron chi connectivity index (χ0n) is 16.2. The van der Waals surface area contributed by atoms with Gasteiger partial charge in [-0.15, -0.1) is 11.3 Å². The Labute approximate surface area is 172 Å². The Bertz CT molecular complexity index is 1030. The molecule has 0 radical (unpaired) electrons. The maximum atomic E-state index is 13.2. The Kier molecular flexibility index (Phi) is 5.44. The summed E-state index contributed by atoms with van der Waals surface area (Å²) in [4.78, 5) is 26.3. The van der Waals surface area contributed by atoms with Crippen LogP contribution in [-0.4, -0.2) is 32.1 Å². The summed E-state index contributed by atoms with van der Waals surface area (Å²) in [5.74, 6) is -0.106. The molecule has 7 nitrogen and oxygen atoms in total. The standard InChI is InChI=1S/C21H22N4O3S/c1-15-11-20(25(27)28)22-24(15)13-16-12-19(29-14-16)21(26)23-10-6-5-9-18(23)17-7-3-2-4-8-17/h2-4,7-8,11-12,14,18H,5-6,9-10,13H2,1H3. The smallest absolute Gasteiger partial charge is 0.358 e. The normalized spacial score (nSPS) is 16.7. The van der Waals surface area contributed by atoms with Crippen LogP contribution in [0.15, 0.2) is 47.8 Å². The number of piperidine rings is 1. The second-order valence-corrected chi connectivity index (χ2v) is 8.21. The van der Waals surface area contributed by atoms with Crippen molar-refractivity contribution in [1.29, 1.82) is 0 Å². The number of benzene rings is 1. The number of thiophene rings is 1. The first-order valence-electron chi connectivity index (χ1n) is 9.65. The van der Waals surface area contributed by atoms with E-state index in [9.17, 15) is 14.9 Å². The second kappa shape index (κ2) is 8.16. The zero-order valence-corrected chi connectivity index (χ0v) is 17.0. The Balaban J connectivity index is 1.52. The van der Waals surface area contributed by atoms with Gasteiger partial charge in [0.25, 0.3) is 5.91 Å². The number of likely N-dealkylation sites (tertiary alicyclic amines) is 1. The third-order valence-corrected chi connectivity index (χ3v) is 6.27. The van der Waals surface area contributed by atoms with E-state index in [1.165, 1.54) is 23.0 Å². The Hall–Kier alpha value is -3.00. The summed E-state index contributed by atoms with van der Waals surface area (Å²) >= 11 is 1.42. The molecule has 0 bridgehead atoms. The van der Waals surface area contributed by atoms with Gasteiger partial charge in [-0.3, -0.25) is 4.79 Å². The number of rotatable bonds is 5. The van der Waals surface area contributed by atoms with Crippen LogP contribution in [0.4, 0.5) is 5.82 Å². The average molecular weight is 410 g/mol. The lowest BCUT2D eigenvalue weighted by atomic mass is 9.95. The van der Waals surface area contributed by atoms with Gasteiger partial charge in [0.05, 0.1) is 34.3 Å². The van der Waals surface area contributed by atoms with Crippen molar-refractivity contribution < 1.29 is 9.72 Å². The molecule has 29 heavy (non-hydrogen) atoms. The molecule has 1 saturated heterocycles. The van der Waals surface area contributed by atoms with Crippen LogP contribution in [0.25, 0.3) is 0 Å². The first-order valence-corrected chi connectivity index (χ1v) is 10.5. The zero-order chi connectivity index (χ0) is 20.4. The highest BCUT2D eigenvalue weighted by Crippen LogP contribution is 2.33. The number of aromatic nitrogens is 2. The van der Waals surface area contributed by atoms with Gasteiger partial charge < -0.3 is 15.0 Å². The van der Waals surface area contributed by atoms with Crippen molar-refractivity contribution >= 4 is 23.1 Å². The second-order valence-electron chi connectivity index (χ2n) is 7.30. The van der Waals surface area contributed by atoms with E-state index in [4.69, 9.17) is 0 Å². The first kappa shape index (κ1) is 19.3. The van der Waals surface area contributed by atoms with Gasteiger partial charge in [0.1, 0.15) is 0 Å². The highest BCUT2D eigenvalue weighted by molar-refractivity contribution is 7.12. The van der Waals surface area contributed by atoms with Crippen molar-refractivity contribution in [1.82, 2.24) is 14.7 Å². The van der Waals surface area contributed by atoms with E-state index in [1.807, 2.05) is 34.5 Å². The van der Waals surface area contributed by atoms with E-state index in [0.29, 0.717) is 11.4 Å². The number of carbonyl (C=O) groups excluding carboxylic acids is 1. The van der Waals surface area contributed by atoms with Crippen molar-refractivity contribution in [3.8, 4) is 0 Å². The number of hydrogen-bond donors (Lipinski definition) is 0. The number of aryl methyl sites for hydroxylation is 1. The molecule has 0 N–H and O–H groups in total. The van der Waals surface area contributed by atoms with Crippen molar-refractivity contribution in [3.63, 3.8) is 0 Å². The largest absolute Gasteiger partial charge is 0.390 e. The lowest BCUT2D eigenvalue weighted by Crippen LogP contribution is -2.38. The van der Waals surface area contributed by atoms with E-state index >= 15 is 0 Å². The molecule has 150 valence electrons. The third kappa shape index (κ3) is 4.07. The molecule has 3 aromatic rings. The van der Waals surface area contributed by atoms with Crippen molar-refractivity contribution in [2.45, 2.75) is 38.8 Å². The van der Waals surface area contributed by atoms with Gasteiger partial charge in [-0.05, 0) is 53.7 Å². The van der Waals surface area contributed by atoms with Crippen LogP contribution in [0.3, 0.4) is 0 Å². The minimum Gasteiger partial charge on any atom is -0.358 e. The molecule has 0 saturated carbocycles. The Morgan fingerprint density at radius 3 is 2.79 bits per heavy atom. The molecule has 2 aromatic heterocycles. The number of carbonyl (C=O) groups is 1. The summed E-state index contributed by atoms with van der Waals surface area (Å²) in [6, 6.07) is 13.6. The number of nitro groups is 1. The molecule has 1 aromatic carbocycles. The van der Waals surface area contributed by atoms with Gasteiger partial charge in [-0.25, -0.2) is 0 Å². The average Bonchev–Trinajstić information content (AvgIpc) is 3.35. The summed E-state index contributed by atoms with van der Waals surface area (Å²) in [6.07, 6.45) is 3.12. The van der Waals surface area contributed by atoms with E-state index in [0.717, 1.165) is 37.1 Å². The van der Waals surface area contributed by atoms with Gasteiger partial charge in [0, 0.05) is 6.54 Å². The topological polar surface area (TPSA) is 81.3 Å². The summed E-state index contributed by atoms with van der Waals surface area (Å²) in [5, 5.41) is 16.9. The van der Waals surface area contributed by atoms with E-state index in [-0.39, 0.29) is 17.8 Å². The third-order valence-electron chi connectivity index (χ3n) is 5.30. The molecule has 1 atom stereocenters. The lowest BCUT2D eigenvalue weighted by molar-refractivity contribution is -0.389. The molecule has 1 amide bonds. The molecule has 0 spiro atoms. The maximum Gasteiger partial charge on any atom is 0.390 e. The molecule has 1 unspecified atom stereocenters. The quantitative estimate of drug-likeness (QED) is 0.455. The number of nitrogens with zero attached hydrogens (tertiary/aromatic N) is 4. The fraction of sp³-hybridized carbons (Fsp3) is 0.333. The van der Waals surface area contributed by atoms with E-state index < -0.39 is 4.92 Å². The molecule has 1 aliphatic heterocycles. The van der Waals surface area contributed by atoms with Crippen LogP contribution in [-0.2, 0) is 6.54 Å². The maximum absolute atomic E-state index is 13.2. The molecule has 0 aliphatic carbocycles. The molecule has 1 aliphatic rings. The molecule has 4 rings (SSSR count). The SMILES string of the molecule is Cc1cc([N+](=O)[O-])nn1Cc1csc(C(=O)N2CCCCC2c2ccccc2)c1. The Morgan fingerprint density at radius 1 is 1.28 bits per heavy atom. The highest BCUT2D eigenvalue weighted by atomic mass is 32.1. The van der Waals surface area contributed by atoms with E-state index in [1.54, 1.807) is 11.6 Å². The van der Waals surface area contributed by atoms with Crippen LogP contribution in [0.5, 0.6) is 0 Å². The number of hydrogen-bond acceptors (Lipinski definition) is 5. The van der Waals surface area contributed by atoms with Crippen LogP contribution < -0.4 is 0 Å². The minimum atomic E-state index is -0.494. The first-order chi connectivity index (χ1) is 14.0. The molecular formula is C21H22N4O3S. The summed E-state index contributed by atoms with van der Waals surface area (Å²) in [6.45, 7) is 2.96. The summed E-state index contributed by atoms with van der Waals surface area (Å²) < 4.78 is 1.60. The number of amides is 1. The summed E-state index contributed by atoms with van der Waals surface area (Å²) in [5.41, 5.74) is 2.82. The van der Waals surface area contributed by atoms with E-state index in [2.05, 4.69) is 17.2 Å². The predicted octanol–water partition coefficient (Wildman–Crippen LogP) is 4.58. The van der Waals surface area contributed by atoms with Gasteiger partial charge in [0.2, 0.25) is 0 Å². The van der Waals surface area contributed by atoms with Crippen molar-refractivity contribution in [2.75, 3.05) is 6.54 Å². The Morgan fingerprint density at radius 2 is 2.07 bits per heavy atom.